The van der Waals surface area contributed by atoms with E-state index in [1.54, 1.807) is 5.56 Å². The van der Waals surface area contributed by atoms with Gasteiger partial charge in [0.2, 0.25) is 0 Å². The molecule has 0 N–H and O–H groups in total. The topological polar surface area (TPSA) is 24.7 Å². The molecule has 0 aliphatic heterocycles. The Hall–Kier alpha value is -3.00. The molecule has 2 heteroatoms. The van der Waals surface area contributed by atoms with E-state index < -0.39 is 0 Å². The van der Waals surface area contributed by atoms with Crippen LogP contribution < -0.4 is 0 Å². The van der Waals surface area contributed by atoms with E-state index >= 15 is 0 Å². The number of nitrogens with zero attached hydrogens (tertiary/aromatic N) is 2. The van der Waals surface area contributed by atoms with Crippen LogP contribution in [0.4, 0.5) is 11.4 Å². The summed E-state index contributed by atoms with van der Waals surface area (Å²) in [4.78, 5) is 9.87. The number of unbranched alkanes of at least 4 members (excludes halogenated alkanes) is 8. The van der Waals surface area contributed by atoms with Gasteiger partial charge >= 0.3 is 0 Å². The van der Waals surface area contributed by atoms with Crippen molar-refractivity contribution in [3.8, 4) is 11.1 Å². The Morgan fingerprint density at radius 2 is 1.24 bits per heavy atom. The van der Waals surface area contributed by atoms with Gasteiger partial charge in [-0.25, -0.2) is 0 Å². The van der Waals surface area contributed by atoms with Crippen molar-refractivity contribution in [2.45, 2.75) is 125 Å². The van der Waals surface area contributed by atoms with Crippen LogP contribution >= 0.6 is 0 Å². The molecule has 0 radical (unpaired) electrons. The maximum absolute atomic E-state index is 4.95. The summed E-state index contributed by atoms with van der Waals surface area (Å²) >= 11 is 0. The third-order valence-electron chi connectivity index (χ3n) is 8.15. The van der Waals surface area contributed by atoms with Crippen LogP contribution in [0.25, 0.3) is 11.1 Å². The van der Waals surface area contributed by atoms with Crippen molar-refractivity contribution >= 4 is 23.3 Å². The monoisotopic (exact) mass is 550 g/mol. The SMILES string of the molecule is CCCCCCCCc1c(CC)cc(N=CC(C)=Nc2ccc(CC)c(-c3ccccc3)c2)cc1CCCCCC. The molecule has 0 bridgehead atoms. The van der Waals surface area contributed by atoms with E-state index in [0.717, 1.165) is 29.9 Å². The lowest BCUT2D eigenvalue weighted by molar-refractivity contribution is 0.604. The molecule has 41 heavy (non-hydrogen) atoms. The Kier molecular flexibility index (Phi) is 14.6. The molecular formula is C39H54N2. The van der Waals surface area contributed by atoms with Crippen molar-refractivity contribution in [1.29, 1.82) is 0 Å². The highest BCUT2D eigenvalue weighted by molar-refractivity contribution is 6.30. The number of aryl methyl sites for hydroxylation is 3. The zero-order chi connectivity index (χ0) is 29.3. The molecule has 0 atom stereocenters. The summed E-state index contributed by atoms with van der Waals surface area (Å²) in [6.45, 7) is 11.1. The van der Waals surface area contributed by atoms with E-state index in [2.05, 4.69) is 95.3 Å². The molecule has 3 aromatic rings. The normalized spacial score (nSPS) is 12.0. The fourth-order valence-electron chi connectivity index (χ4n) is 5.77. The average molecular weight is 551 g/mol. The molecule has 0 aliphatic carbocycles. The quantitative estimate of drug-likeness (QED) is 0.111. The van der Waals surface area contributed by atoms with E-state index in [1.807, 2.05) is 6.21 Å². The fourth-order valence-corrected chi connectivity index (χ4v) is 5.77. The summed E-state index contributed by atoms with van der Waals surface area (Å²) < 4.78 is 0. The number of benzene rings is 3. The van der Waals surface area contributed by atoms with E-state index in [1.165, 1.54) is 105 Å². The van der Waals surface area contributed by atoms with Crippen LogP contribution in [0.15, 0.2) is 70.6 Å². The number of rotatable bonds is 18. The van der Waals surface area contributed by atoms with Gasteiger partial charge in [0.15, 0.2) is 0 Å². The first-order valence-electron chi connectivity index (χ1n) is 16.5. The Labute approximate surface area is 251 Å². The molecule has 0 amide bonds. The van der Waals surface area contributed by atoms with Crippen LogP contribution in [0.3, 0.4) is 0 Å². The predicted molar refractivity (Wildman–Crippen MR) is 183 cm³/mol. The zero-order valence-electron chi connectivity index (χ0n) is 26.6. The lowest BCUT2D eigenvalue weighted by Gasteiger charge is -2.16. The minimum absolute atomic E-state index is 0.923. The van der Waals surface area contributed by atoms with Crippen molar-refractivity contribution in [2.75, 3.05) is 0 Å². The van der Waals surface area contributed by atoms with Crippen molar-refractivity contribution in [1.82, 2.24) is 0 Å². The second-order valence-corrected chi connectivity index (χ2v) is 11.5. The van der Waals surface area contributed by atoms with Crippen LogP contribution in [-0.2, 0) is 25.7 Å². The molecule has 3 aromatic carbocycles. The summed E-state index contributed by atoms with van der Waals surface area (Å²) in [5.41, 5.74) is 11.4. The number of hydrogen-bond acceptors (Lipinski definition) is 2. The molecule has 3 rings (SSSR count). The third kappa shape index (κ3) is 10.7. The second kappa shape index (κ2) is 18.4. The van der Waals surface area contributed by atoms with Gasteiger partial charge in [-0.1, -0.05) is 115 Å². The fraction of sp³-hybridized carbons (Fsp3) is 0.487. The van der Waals surface area contributed by atoms with Crippen molar-refractivity contribution in [3.05, 3.63) is 82.9 Å². The number of hydrogen-bond donors (Lipinski definition) is 0. The van der Waals surface area contributed by atoms with Crippen molar-refractivity contribution in [3.63, 3.8) is 0 Å². The average Bonchev–Trinajstić information content (AvgIpc) is 3.00. The molecule has 220 valence electrons. The van der Waals surface area contributed by atoms with Gasteiger partial charge in [0.25, 0.3) is 0 Å². The largest absolute Gasteiger partial charge is 0.255 e. The standard InChI is InChI=1S/C39H54N2/c1-6-10-12-14-15-20-24-38-33(9-4)27-37(28-35(38)23-17-13-11-7-2)40-30-31(5)41-36-26-25-32(8-3)39(29-36)34-21-18-16-19-22-34/h16,18-19,21-22,25-30H,6-15,17,20,23-24H2,1-5H3. The van der Waals surface area contributed by atoms with Gasteiger partial charge in [0.1, 0.15) is 0 Å². The van der Waals surface area contributed by atoms with E-state index in [9.17, 15) is 0 Å². The Bertz CT molecular complexity index is 1240. The number of aliphatic imine (C=N–C) groups is 2. The van der Waals surface area contributed by atoms with Gasteiger partial charge in [-0.15, -0.1) is 0 Å². The molecule has 0 unspecified atom stereocenters. The summed E-state index contributed by atoms with van der Waals surface area (Å²) in [5.74, 6) is 0. The molecule has 2 nitrogen and oxygen atoms in total. The van der Waals surface area contributed by atoms with Gasteiger partial charge in [0, 0.05) is 6.21 Å². The van der Waals surface area contributed by atoms with Gasteiger partial charge in [0.05, 0.1) is 17.1 Å². The lowest BCUT2D eigenvalue weighted by atomic mass is 9.90. The first kappa shape index (κ1) is 32.5. The van der Waals surface area contributed by atoms with Crippen LogP contribution in [0.2, 0.25) is 0 Å². The first-order chi connectivity index (χ1) is 20.1. The molecule has 0 aliphatic rings. The zero-order valence-corrected chi connectivity index (χ0v) is 26.6. The van der Waals surface area contributed by atoms with Gasteiger partial charge < -0.3 is 0 Å². The highest BCUT2D eigenvalue weighted by atomic mass is 14.8. The van der Waals surface area contributed by atoms with Gasteiger partial charge in [-0.3, -0.25) is 9.98 Å². The molecule has 0 spiro atoms. The lowest BCUT2D eigenvalue weighted by Crippen LogP contribution is -2.01. The van der Waals surface area contributed by atoms with E-state index in [0.29, 0.717) is 0 Å². The molecule has 0 aromatic heterocycles. The summed E-state index contributed by atoms with van der Waals surface area (Å²) in [6, 6.07) is 21.9. The maximum Gasteiger partial charge on any atom is 0.0639 e. The van der Waals surface area contributed by atoms with Crippen LogP contribution in [0, 0.1) is 0 Å². The molecule has 0 heterocycles. The van der Waals surface area contributed by atoms with Crippen LogP contribution in [0.1, 0.15) is 121 Å². The van der Waals surface area contributed by atoms with E-state index in [-0.39, 0.29) is 0 Å². The third-order valence-corrected chi connectivity index (χ3v) is 8.15. The Balaban J connectivity index is 1.81. The second-order valence-electron chi connectivity index (χ2n) is 11.5. The van der Waals surface area contributed by atoms with Crippen molar-refractivity contribution in [2.24, 2.45) is 9.98 Å². The Morgan fingerprint density at radius 3 is 1.95 bits per heavy atom. The summed E-state index contributed by atoms with van der Waals surface area (Å²) in [6.07, 6.45) is 19.7. The summed E-state index contributed by atoms with van der Waals surface area (Å²) in [5, 5.41) is 0. The molecule has 0 saturated carbocycles. The molecule has 0 saturated heterocycles. The van der Waals surface area contributed by atoms with E-state index in [4.69, 9.17) is 9.98 Å². The van der Waals surface area contributed by atoms with Gasteiger partial charge in [-0.2, -0.15) is 0 Å². The predicted octanol–water partition coefficient (Wildman–Crippen LogP) is 12.0. The van der Waals surface area contributed by atoms with Crippen LogP contribution in [0.5, 0.6) is 0 Å². The molecular weight excluding hydrogens is 496 g/mol. The first-order valence-corrected chi connectivity index (χ1v) is 16.5. The van der Waals surface area contributed by atoms with Crippen molar-refractivity contribution < 1.29 is 0 Å². The smallest absolute Gasteiger partial charge is 0.0639 e. The van der Waals surface area contributed by atoms with Gasteiger partial charge in [-0.05, 0) is 103 Å². The Morgan fingerprint density at radius 1 is 0.610 bits per heavy atom. The minimum Gasteiger partial charge on any atom is -0.255 e. The maximum atomic E-state index is 4.95. The summed E-state index contributed by atoms with van der Waals surface area (Å²) in [7, 11) is 0. The molecule has 0 fully saturated rings. The highest BCUT2D eigenvalue weighted by Gasteiger charge is 2.11. The highest BCUT2D eigenvalue weighted by Crippen LogP contribution is 2.30. The minimum atomic E-state index is 0.923. The van der Waals surface area contributed by atoms with Crippen LogP contribution in [-0.4, -0.2) is 11.9 Å².